The molecule has 20 heavy (non-hydrogen) atoms. The number of nitrogen functional groups attached to an aromatic ring is 1. The fraction of sp³-hybridized carbons (Fsp3) is 0.143. The monoisotopic (exact) mass is 285 g/mol. The molecule has 0 amide bonds. The minimum absolute atomic E-state index is 0.0912. The third-order valence-corrected chi connectivity index (χ3v) is 3.93. The van der Waals surface area contributed by atoms with Crippen LogP contribution in [0.25, 0.3) is 4.96 Å². The highest BCUT2D eigenvalue weighted by atomic mass is 32.1. The topological polar surface area (TPSA) is 70.4 Å². The first-order valence-electron chi connectivity index (χ1n) is 6.20. The molecule has 3 rings (SSSR count). The van der Waals surface area contributed by atoms with E-state index in [1.165, 1.54) is 0 Å². The second kappa shape index (κ2) is 4.97. The van der Waals surface area contributed by atoms with Gasteiger partial charge in [0.25, 0.3) is 0 Å². The average molecular weight is 285 g/mol. The highest BCUT2D eigenvalue weighted by molar-refractivity contribution is 7.15. The van der Waals surface area contributed by atoms with Crippen LogP contribution in [-0.4, -0.2) is 22.3 Å². The summed E-state index contributed by atoms with van der Waals surface area (Å²) in [4.78, 5) is 7.71. The quantitative estimate of drug-likeness (QED) is 0.571. The number of fused-ring (bicyclic) bond motifs is 1. The van der Waals surface area contributed by atoms with Crippen molar-refractivity contribution in [3.8, 4) is 0 Å². The summed E-state index contributed by atoms with van der Waals surface area (Å²) in [6, 6.07) is 7.66. The number of hydrogen-bond donors (Lipinski definition) is 2. The molecule has 0 unspecified atom stereocenters. The molecule has 0 aliphatic carbocycles. The number of imidazole rings is 1. The lowest BCUT2D eigenvalue weighted by Gasteiger charge is -2.18. The highest BCUT2D eigenvalue weighted by Gasteiger charge is 2.07. The van der Waals surface area contributed by atoms with Gasteiger partial charge in [-0.05, 0) is 24.3 Å². The predicted octanol–water partition coefficient (Wildman–Crippen LogP) is 2.32. The first-order valence-corrected chi connectivity index (χ1v) is 7.08. The van der Waals surface area contributed by atoms with Crippen molar-refractivity contribution < 1.29 is 0 Å². The van der Waals surface area contributed by atoms with Crippen LogP contribution in [0.15, 0.2) is 42.0 Å². The summed E-state index contributed by atoms with van der Waals surface area (Å²) in [6.45, 7) is 0.744. The van der Waals surface area contributed by atoms with E-state index in [1.807, 2.05) is 53.5 Å². The smallest absolute Gasteiger partial charge is 0.193 e. The SMILES string of the molecule is CN(Cc1cn2ccsc2n1)c1ccc(C(=N)N)cc1. The van der Waals surface area contributed by atoms with Crippen LogP contribution in [0.1, 0.15) is 11.3 Å². The standard InChI is InChI=1S/C14H15N5S/c1-18(12-4-2-10(3-5-12)13(15)16)8-11-9-19-6-7-20-14(19)17-11/h2-7,9H,8H2,1H3,(H3,15,16). The zero-order chi connectivity index (χ0) is 14.1. The van der Waals surface area contributed by atoms with E-state index in [2.05, 4.69) is 9.88 Å². The number of nitrogens with one attached hydrogen (secondary N) is 1. The Morgan fingerprint density at radius 1 is 1.40 bits per heavy atom. The summed E-state index contributed by atoms with van der Waals surface area (Å²) in [7, 11) is 2.02. The Labute approximate surface area is 120 Å². The Balaban J connectivity index is 1.76. The molecule has 3 aromatic rings. The van der Waals surface area contributed by atoms with E-state index in [9.17, 15) is 0 Å². The zero-order valence-electron chi connectivity index (χ0n) is 11.1. The van der Waals surface area contributed by atoms with Gasteiger partial charge in [0.05, 0.1) is 12.2 Å². The molecule has 0 saturated carbocycles. The van der Waals surface area contributed by atoms with Gasteiger partial charge >= 0.3 is 0 Å². The first kappa shape index (κ1) is 12.7. The minimum Gasteiger partial charge on any atom is -0.384 e. The molecule has 0 saturated heterocycles. The highest BCUT2D eigenvalue weighted by Crippen LogP contribution is 2.17. The fourth-order valence-corrected chi connectivity index (χ4v) is 2.80. The number of rotatable bonds is 4. The normalized spacial score (nSPS) is 10.8. The second-order valence-corrected chi connectivity index (χ2v) is 5.51. The molecule has 0 radical (unpaired) electrons. The molecule has 102 valence electrons. The first-order chi connectivity index (χ1) is 9.63. The summed E-state index contributed by atoms with van der Waals surface area (Å²) < 4.78 is 2.03. The van der Waals surface area contributed by atoms with Crippen LogP contribution in [0.4, 0.5) is 5.69 Å². The third kappa shape index (κ3) is 2.37. The number of nitrogens with two attached hydrogens (primary N) is 1. The number of amidine groups is 1. The van der Waals surface area contributed by atoms with Crippen molar-refractivity contribution in [2.75, 3.05) is 11.9 Å². The molecule has 0 atom stereocenters. The van der Waals surface area contributed by atoms with Crippen LogP contribution in [0.2, 0.25) is 0 Å². The summed E-state index contributed by atoms with van der Waals surface area (Å²) in [6.07, 6.45) is 4.06. The van der Waals surface area contributed by atoms with Crippen LogP contribution in [0.5, 0.6) is 0 Å². The zero-order valence-corrected chi connectivity index (χ0v) is 11.9. The Bertz CT molecular complexity index is 712. The molecule has 6 heteroatoms. The summed E-state index contributed by atoms with van der Waals surface area (Å²) in [5, 5.41) is 9.41. The fourth-order valence-electron chi connectivity index (χ4n) is 2.08. The van der Waals surface area contributed by atoms with E-state index < -0.39 is 0 Å². The lowest BCUT2D eigenvalue weighted by molar-refractivity contribution is 0.896. The molecule has 0 aliphatic rings. The summed E-state index contributed by atoms with van der Waals surface area (Å²) in [5.41, 5.74) is 8.31. The maximum Gasteiger partial charge on any atom is 0.193 e. The van der Waals surface area contributed by atoms with Crippen LogP contribution in [0.3, 0.4) is 0 Å². The van der Waals surface area contributed by atoms with Gasteiger partial charge in [-0.2, -0.15) is 0 Å². The van der Waals surface area contributed by atoms with Crippen molar-refractivity contribution >= 4 is 27.8 Å². The van der Waals surface area contributed by atoms with Crippen molar-refractivity contribution in [3.05, 3.63) is 53.3 Å². The van der Waals surface area contributed by atoms with Gasteiger partial charge < -0.3 is 10.6 Å². The van der Waals surface area contributed by atoms with Gasteiger partial charge in [-0.15, -0.1) is 11.3 Å². The Kier molecular flexibility index (Phi) is 3.15. The maximum atomic E-state index is 7.39. The Hall–Kier alpha value is -2.34. The number of thiazole rings is 1. The number of benzene rings is 1. The van der Waals surface area contributed by atoms with Crippen molar-refractivity contribution in [1.82, 2.24) is 9.38 Å². The van der Waals surface area contributed by atoms with Gasteiger partial charge in [-0.25, -0.2) is 4.98 Å². The van der Waals surface area contributed by atoms with Crippen molar-refractivity contribution in [2.45, 2.75) is 6.54 Å². The van der Waals surface area contributed by atoms with Crippen LogP contribution in [0, 0.1) is 5.41 Å². The van der Waals surface area contributed by atoms with Gasteiger partial charge in [0.2, 0.25) is 0 Å². The van der Waals surface area contributed by atoms with E-state index in [0.29, 0.717) is 0 Å². The van der Waals surface area contributed by atoms with Gasteiger partial charge in [0, 0.05) is 36.1 Å². The third-order valence-electron chi connectivity index (χ3n) is 3.16. The predicted molar refractivity (Wildman–Crippen MR) is 82.6 cm³/mol. The lowest BCUT2D eigenvalue weighted by atomic mass is 10.2. The molecule has 3 N–H and O–H groups in total. The molecule has 0 bridgehead atoms. The largest absolute Gasteiger partial charge is 0.384 e. The van der Waals surface area contributed by atoms with Crippen LogP contribution < -0.4 is 10.6 Å². The molecule has 0 spiro atoms. The van der Waals surface area contributed by atoms with Gasteiger partial charge in [-0.3, -0.25) is 9.81 Å². The average Bonchev–Trinajstić information content (AvgIpc) is 2.99. The van der Waals surface area contributed by atoms with E-state index in [1.54, 1.807) is 11.3 Å². The van der Waals surface area contributed by atoms with Gasteiger partial charge in [0.15, 0.2) is 4.96 Å². The van der Waals surface area contributed by atoms with E-state index in [-0.39, 0.29) is 5.84 Å². The van der Waals surface area contributed by atoms with E-state index in [4.69, 9.17) is 11.1 Å². The van der Waals surface area contributed by atoms with E-state index in [0.717, 1.165) is 28.5 Å². The summed E-state index contributed by atoms with van der Waals surface area (Å²) >= 11 is 1.63. The van der Waals surface area contributed by atoms with Crippen LogP contribution >= 0.6 is 11.3 Å². The molecule has 2 heterocycles. The number of aromatic nitrogens is 2. The Morgan fingerprint density at radius 3 is 2.80 bits per heavy atom. The summed E-state index contributed by atoms with van der Waals surface area (Å²) in [5.74, 6) is 0.0912. The minimum atomic E-state index is 0.0912. The lowest BCUT2D eigenvalue weighted by Crippen LogP contribution is -2.17. The Morgan fingerprint density at radius 2 is 2.15 bits per heavy atom. The number of nitrogens with zero attached hydrogens (tertiary/aromatic N) is 3. The maximum absolute atomic E-state index is 7.39. The van der Waals surface area contributed by atoms with E-state index >= 15 is 0 Å². The number of hydrogen-bond acceptors (Lipinski definition) is 4. The molecular formula is C14H15N5S. The van der Waals surface area contributed by atoms with Gasteiger partial charge in [-0.1, -0.05) is 0 Å². The van der Waals surface area contributed by atoms with Crippen molar-refractivity contribution in [1.29, 1.82) is 5.41 Å². The molecule has 2 aromatic heterocycles. The number of anilines is 1. The van der Waals surface area contributed by atoms with Crippen molar-refractivity contribution in [3.63, 3.8) is 0 Å². The van der Waals surface area contributed by atoms with Gasteiger partial charge in [0.1, 0.15) is 5.84 Å². The van der Waals surface area contributed by atoms with Crippen molar-refractivity contribution in [2.24, 2.45) is 5.73 Å². The molecule has 0 fully saturated rings. The molecule has 0 aliphatic heterocycles. The second-order valence-electron chi connectivity index (χ2n) is 4.64. The molecular weight excluding hydrogens is 270 g/mol. The molecule has 5 nitrogen and oxygen atoms in total. The van der Waals surface area contributed by atoms with Crippen LogP contribution in [-0.2, 0) is 6.54 Å². The molecule has 1 aromatic carbocycles.